The summed E-state index contributed by atoms with van der Waals surface area (Å²) >= 11 is 7.33. The maximum atomic E-state index is 11.8. The predicted molar refractivity (Wildman–Crippen MR) is 93.6 cm³/mol. The molecule has 0 saturated heterocycles. The molecule has 1 aromatic carbocycles. The van der Waals surface area contributed by atoms with Crippen molar-refractivity contribution in [1.82, 2.24) is 10.4 Å². The van der Waals surface area contributed by atoms with E-state index in [1.165, 1.54) is 18.0 Å². The minimum absolute atomic E-state index is 0.309. The van der Waals surface area contributed by atoms with Crippen LogP contribution in [0.15, 0.2) is 80.4 Å². The number of nitrogens with zero attached hydrogens (tertiary/aromatic N) is 2. The van der Waals surface area contributed by atoms with Crippen LogP contribution in [0.25, 0.3) is 0 Å². The number of hydrazone groups is 1. The molecule has 0 spiro atoms. The van der Waals surface area contributed by atoms with Gasteiger partial charge in [0.25, 0.3) is 5.91 Å². The van der Waals surface area contributed by atoms with E-state index >= 15 is 0 Å². The second-order valence-corrected chi connectivity index (χ2v) is 6.16. The summed E-state index contributed by atoms with van der Waals surface area (Å²) < 4.78 is 5.62. The number of nitrogens with one attached hydrogen (secondary N) is 1. The number of hydrogen-bond acceptors (Lipinski definition) is 5. The lowest BCUT2D eigenvalue weighted by molar-refractivity contribution is 0.0955. The van der Waals surface area contributed by atoms with E-state index in [0.717, 1.165) is 9.99 Å². The summed E-state index contributed by atoms with van der Waals surface area (Å²) in [6.07, 6.45) is 4.54. The molecular formula is C17H12ClN3O2S. The molecule has 7 heteroatoms. The molecular weight excluding hydrogens is 346 g/mol. The van der Waals surface area contributed by atoms with Gasteiger partial charge < -0.3 is 4.42 Å². The molecule has 0 atom stereocenters. The van der Waals surface area contributed by atoms with Crippen molar-refractivity contribution in [3.63, 3.8) is 0 Å². The first-order chi connectivity index (χ1) is 11.7. The summed E-state index contributed by atoms with van der Waals surface area (Å²) in [7, 11) is 0. The van der Waals surface area contributed by atoms with Gasteiger partial charge in [0.2, 0.25) is 0 Å². The van der Waals surface area contributed by atoms with Crippen LogP contribution in [-0.4, -0.2) is 17.1 Å². The zero-order valence-corrected chi connectivity index (χ0v) is 13.9. The largest absolute Gasteiger partial charge is 0.448 e. The molecule has 5 nitrogen and oxygen atoms in total. The van der Waals surface area contributed by atoms with Gasteiger partial charge in [-0.05, 0) is 48.5 Å². The quantitative estimate of drug-likeness (QED) is 0.547. The van der Waals surface area contributed by atoms with Crippen molar-refractivity contribution in [3.8, 4) is 0 Å². The van der Waals surface area contributed by atoms with Crippen LogP contribution in [0.4, 0.5) is 0 Å². The standard InChI is InChI=1S/C17H12ClN3O2S/c18-13-1-4-15(5-2-13)24-16-6-3-14(23-16)11-20-21-17(22)12-7-9-19-10-8-12/h1-11H,(H,21,22)/b20-11+. The van der Waals surface area contributed by atoms with Crippen LogP contribution >= 0.6 is 23.4 Å². The van der Waals surface area contributed by atoms with Crippen molar-refractivity contribution in [1.29, 1.82) is 0 Å². The summed E-state index contributed by atoms with van der Waals surface area (Å²) in [6, 6.07) is 14.3. The van der Waals surface area contributed by atoms with E-state index < -0.39 is 0 Å². The second-order valence-electron chi connectivity index (χ2n) is 4.65. The van der Waals surface area contributed by atoms with Crippen LogP contribution in [0.3, 0.4) is 0 Å². The Bertz CT molecular complexity index is 848. The van der Waals surface area contributed by atoms with Crippen molar-refractivity contribution in [2.45, 2.75) is 9.99 Å². The molecule has 0 fully saturated rings. The summed E-state index contributed by atoms with van der Waals surface area (Å²) in [5.74, 6) is 0.234. The van der Waals surface area contributed by atoms with Crippen molar-refractivity contribution in [2.24, 2.45) is 5.10 Å². The van der Waals surface area contributed by atoms with Crippen LogP contribution in [0.5, 0.6) is 0 Å². The highest BCUT2D eigenvalue weighted by molar-refractivity contribution is 7.99. The number of carbonyl (C=O) groups is 1. The van der Waals surface area contributed by atoms with Gasteiger partial charge in [-0.2, -0.15) is 5.10 Å². The molecule has 3 rings (SSSR count). The van der Waals surface area contributed by atoms with E-state index in [-0.39, 0.29) is 5.91 Å². The molecule has 0 bridgehead atoms. The third-order valence-corrected chi connectivity index (χ3v) is 4.12. The molecule has 0 aliphatic heterocycles. The van der Waals surface area contributed by atoms with E-state index in [0.29, 0.717) is 16.3 Å². The van der Waals surface area contributed by atoms with Gasteiger partial charge in [-0.1, -0.05) is 23.4 Å². The lowest BCUT2D eigenvalue weighted by Crippen LogP contribution is -2.17. The number of amides is 1. The van der Waals surface area contributed by atoms with Gasteiger partial charge in [0.15, 0.2) is 5.09 Å². The van der Waals surface area contributed by atoms with Crippen LogP contribution in [0.2, 0.25) is 5.02 Å². The molecule has 2 heterocycles. The Kier molecular flexibility index (Phi) is 5.30. The van der Waals surface area contributed by atoms with E-state index in [2.05, 4.69) is 15.5 Å². The van der Waals surface area contributed by atoms with E-state index in [1.807, 2.05) is 30.3 Å². The fourth-order valence-electron chi connectivity index (χ4n) is 1.80. The van der Waals surface area contributed by atoms with Crippen molar-refractivity contribution < 1.29 is 9.21 Å². The van der Waals surface area contributed by atoms with Crippen molar-refractivity contribution >= 4 is 35.5 Å². The average molecular weight is 358 g/mol. The number of halogens is 1. The maximum Gasteiger partial charge on any atom is 0.271 e. The van der Waals surface area contributed by atoms with Crippen molar-refractivity contribution in [3.05, 3.63) is 77.3 Å². The van der Waals surface area contributed by atoms with Gasteiger partial charge in [-0.3, -0.25) is 9.78 Å². The molecule has 0 aliphatic rings. The highest BCUT2D eigenvalue weighted by Gasteiger charge is 2.04. The van der Waals surface area contributed by atoms with Crippen LogP contribution < -0.4 is 5.43 Å². The number of benzene rings is 1. The smallest absolute Gasteiger partial charge is 0.271 e. The molecule has 1 N–H and O–H groups in total. The van der Waals surface area contributed by atoms with Crippen LogP contribution in [0.1, 0.15) is 16.1 Å². The van der Waals surface area contributed by atoms with Gasteiger partial charge >= 0.3 is 0 Å². The lowest BCUT2D eigenvalue weighted by atomic mass is 10.3. The fourth-order valence-corrected chi connectivity index (χ4v) is 2.70. The highest BCUT2D eigenvalue weighted by Crippen LogP contribution is 2.29. The third-order valence-electron chi connectivity index (χ3n) is 2.93. The topological polar surface area (TPSA) is 67.5 Å². The minimum Gasteiger partial charge on any atom is -0.448 e. The highest BCUT2D eigenvalue weighted by atomic mass is 35.5. The fraction of sp³-hybridized carbons (Fsp3) is 0. The van der Waals surface area contributed by atoms with Gasteiger partial charge in [-0.15, -0.1) is 0 Å². The van der Waals surface area contributed by atoms with E-state index in [9.17, 15) is 4.79 Å². The monoisotopic (exact) mass is 357 g/mol. The Morgan fingerprint density at radius 1 is 1.12 bits per heavy atom. The normalized spacial score (nSPS) is 10.9. The lowest BCUT2D eigenvalue weighted by Gasteiger charge is -1.98. The molecule has 0 aliphatic carbocycles. The minimum atomic E-state index is -0.309. The molecule has 2 aromatic heterocycles. The Hall–Kier alpha value is -2.57. The average Bonchev–Trinajstić information content (AvgIpc) is 3.05. The number of rotatable bonds is 5. The van der Waals surface area contributed by atoms with Gasteiger partial charge in [-0.25, -0.2) is 5.43 Å². The molecule has 3 aromatic rings. The van der Waals surface area contributed by atoms with E-state index in [1.54, 1.807) is 30.6 Å². The first-order valence-electron chi connectivity index (χ1n) is 6.97. The summed E-state index contributed by atoms with van der Waals surface area (Å²) in [5.41, 5.74) is 2.92. The summed E-state index contributed by atoms with van der Waals surface area (Å²) in [5, 5.41) is 5.30. The van der Waals surface area contributed by atoms with E-state index in [4.69, 9.17) is 16.0 Å². The molecule has 0 radical (unpaired) electrons. The third kappa shape index (κ3) is 4.47. The van der Waals surface area contributed by atoms with Gasteiger partial charge in [0.1, 0.15) is 5.76 Å². The van der Waals surface area contributed by atoms with Crippen LogP contribution in [0, 0.1) is 0 Å². The first kappa shape index (κ1) is 16.3. The zero-order chi connectivity index (χ0) is 16.8. The van der Waals surface area contributed by atoms with Gasteiger partial charge in [0, 0.05) is 27.9 Å². The Labute approximate surface area is 147 Å². The molecule has 0 unspecified atom stereocenters. The second kappa shape index (κ2) is 7.81. The molecule has 0 saturated carbocycles. The number of carbonyl (C=O) groups excluding carboxylic acids is 1. The number of furan rings is 1. The number of aromatic nitrogens is 1. The van der Waals surface area contributed by atoms with Gasteiger partial charge in [0.05, 0.1) is 6.21 Å². The number of pyridine rings is 1. The Morgan fingerprint density at radius 2 is 1.88 bits per heavy atom. The molecule has 1 amide bonds. The first-order valence-corrected chi connectivity index (χ1v) is 8.17. The predicted octanol–water partition coefficient (Wildman–Crippen LogP) is 4.24. The molecule has 24 heavy (non-hydrogen) atoms. The maximum absolute atomic E-state index is 11.8. The Morgan fingerprint density at radius 3 is 2.62 bits per heavy atom. The SMILES string of the molecule is O=C(N/N=C/c1ccc(Sc2ccc(Cl)cc2)o1)c1ccncc1. The number of hydrogen-bond donors (Lipinski definition) is 1. The molecule has 120 valence electrons. The van der Waals surface area contributed by atoms with Crippen molar-refractivity contribution in [2.75, 3.05) is 0 Å². The summed E-state index contributed by atoms with van der Waals surface area (Å²) in [6.45, 7) is 0. The summed E-state index contributed by atoms with van der Waals surface area (Å²) in [4.78, 5) is 16.7. The zero-order valence-electron chi connectivity index (χ0n) is 12.3. The van der Waals surface area contributed by atoms with Crippen LogP contribution in [-0.2, 0) is 0 Å². The Balaban J connectivity index is 1.57.